The Bertz CT molecular complexity index is 545. The second-order valence-electron chi connectivity index (χ2n) is 4.68. The lowest BCUT2D eigenvalue weighted by molar-refractivity contribution is -0.126. The van der Waals surface area contributed by atoms with Gasteiger partial charge in [0.25, 0.3) is 0 Å². The van der Waals surface area contributed by atoms with Crippen LogP contribution in [0.3, 0.4) is 0 Å². The van der Waals surface area contributed by atoms with E-state index < -0.39 is 0 Å². The van der Waals surface area contributed by atoms with Crippen LogP contribution in [0.25, 0.3) is 5.70 Å². The number of allylic oxidation sites excluding steroid dienone is 1. The molecule has 0 saturated carbocycles. The predicted octanol–water partition coefficient (Wildman–Crippen LogP) is 3.62. The molecular weight excluding hydrogens is 372 g/mol. The minimum absolute atomic E-state index is 0.00816. The lowest BCUT2D eigenvalue weighted by atomic mass is 10.0. The van der Waals surface area contributed by atoms with Crippen LogP contribution < -0.4 is 4.74 Å². The molecule has 1 aliphatic heterocycles. The van der Waals surface area contributed by atoms with E-state index in [1.807, 2.05) is 13.0 Å². The number of alkyl halides is 1. The number of hydrogen-bond donors (Lipinski definition) is 0. The van der Waals surface area contributed by atoms with Crippen LogP contribution in [-0.4, -0.2) is 28.4 Å². The second kappa shape index (κ2) is 6.56. The van der Waals surface area contributed by atoms with E-state index in [1.165, 1.54) is 11.0 Å². The third kappa shape index (κ3) is 3.13. The van der Waals surface area contributed by atoms with E-state index in [2.05, 4.69) is 22.6 Å². The first kappa shape index (κ1) is 15.3. The number of halogens is 2. The molecule has 0 N–H and O–H groups in total. The highest BCUT2D eigenvalue weighted by atomic mass is 127. The highest BCUT2D eigenvalue weighted by Gasteiger charge is 2.27. The molecule has 2 rings (SSSR count). The smallest absolute Gasteiger partial charge is 0.240 e. The Morgan fingerprint density at radius 1 is 1.50 bits per heavy atom. The molecule has 0 aliphatic carbocycles. The van der Waals surface area contributed by atoms with Crippen molar-refractivity contribution in [2.24, 2.45) is 0 Å². The first-order chi connectivity index (χ1) is 9.54. The van der Waals surface area contributed by atoms with Crippen molar-refractivity contribution in [1.82, 2.24) is 4.90 Å². The van der Waals surface area contributed by atoms with Crippen LogP contribution >= 0.6 is 22.6 Å². The number of amides is 1. The third-order valence-corrected chi connectivity index (χ3v) is 4.21. The van der Waals surface area contributed by atoms with Gasteiger partial charge in [-0.1, -0.05) is 35.6 Å². The SMILES string of the molecule is CCCOc1ccc(C2=CCC(I)C(=O)N2C)c(F)c1. The molecule has 0 spiro atoms. The van der Waals surface area contributed by atoms with Crippen molar-refractivity contribution in [2.45, 2.75) is 23.7 Å². The molecule has 1 atom stereocenters. The van der Waals surface area contributed by atoms with Crippen molar-refractivity contribution >= 4 is 34.2 Å². The van der Waals surface area contributed by atoms with Gasteiger partial charge in [0.15, 0.2) is 0 Å². The number of rotatable bonds is 4. The van der Waals surface area contributed by atoms with E-state index in [4.69, 9.17) is 4.74 Å². The van der Waals surface area contributed by atoms with E-state index in [0.29, 0.717) is 30.0 Å². The van der Waals surface area contributed by atoms with Crippen molar-refractivity contribution in [3.05, 3.63) is 35.7 Å². The second-order valence-corrected chi connectivity index (χ2v) is 6.18. The Balaban J connectivity index is 2.27. The van der Waals surface area contributed by atoms with E-state index in [1.54, 1.807) is 19.2 Å². The molecule has 108 valence electrons. The fourth-order valence-corrected chi connectivity index (χ4v) is 2.76. The highest BCUT2D eigenvalue weighted by molar-refractivity contribution is 14.1. The molecule has 0 fully saturated rings. The van der Waals surface area contributed by atoms with Crippen LogP contribution in [0.2, 0.25) is 0 Å². The molecule has 1 unspecified atom stereocenters. The summed E-state index contributed by atoms with van der Waals surface area (Å²) >= 11 is 2.11. The maximum Gasteiger partial charge on any atom is 0.240 e. The summed E-state index contributed by atoms with van der Waals surface area (Å²) in [6, 6.07) is 4.78. The number of carbonyl (C=O) groups excluding carboxylic acids is 1. The van der Waals surface area contributed by atoms with Gasteiger partial charge in [-0.3, -0.25) is 4.79 Å². The molecule has 1 aromatic rings. The summed E-state index contributed by atoms with van der Waals surface area (Å²) in [5.41, 5.74) is 1.07. The van der Waals surface area contributed by atoms with Crippen molar-refractivity contribution in [1.29, 1.82) is 0 Å². The van der Waals surface area contributed by atoms with Gasteiger partial charge in [0.1, 0.15) is 11.6 Å². The Morgan fingerprint density at radius 3 is 2.90 bits per heavy atom. The number of ether oxygens (including phenoxy) is 1. The normalized spacial score (nSPS) is 19.0. The van der Waals surface area contributed by atoms with Crippen LogP contribution in [0.15, 0.2) is 24.3 Å². The van der Waals surface area contributed by atoms with Crippen LogP contribution in [0, 0.1) is 5.82 Å². The summed E-state index contributed by atoms with van der Waals surface area (Å²) in [6.45, 7) is 2.56. The first-order valence-corrected chi connectivity index (χ1v) is 7.83. The first-order valence-electron chi connectivity index (χ1n) is 6.59. The fourth-order valence-electron chi connectivity index (χ4n) is 2.09. The summed E-state index contributed by atoms with van der Waals surface area (Å²) in [7, 11) is 1.68. The van der Waals surface area contributed by atoms with E-state index in [-0.39, 0.29) is 15.6 Å². The fraction of sp³-hybridized carbons (Fsp3) is 0.400. The molecule has 0 aromatic heterocycles. The molecule has 1 amide bonds. The molecule has 20 heavy (non-hydrogen) atoms. The maximum absolute atomic E-state index is 14.2. The van der Waals surface area contributed by atoms with Gasteiger partial charge in [0.2, 0.25) is 5.91 Å². The summed E-state index contributed by atoms with van der Waals surface area (Å²) in [5, 5.41) is 0. The van der Waals surface area contributed by atoms with Gasteiger partial charge in [-0.25, -0.2) is 4.39 Å². The van der Waals surface area contributed by atoms with Gasteiger partial charge in [-0.2, -0.15) is 0 Å². The monoisotopic (exact) mass is 389 g/mol. The molecule has 1 aliphatic rings. The zero-order valence-corrected chi connectivity index (χ0v) is 13.7. The van der Waals surface area contributed by atoms with Crippen LogP contribution in [0.1, 0.15) is 25.3 Å². The van der Waals surface area contributed by atoms with Gasteiger partial charge in [-0.05, 0) is 25.0 Å². The van der Waals surface area contributed by atoms with Gasteiger partial charge in [-0.15, -0.1) is 0 Å². The zero-order valence-electron chi connectivity index (χ0n) is 11.5. The molecule has 3 nitrogen and oxygen atoms in total. The highest BCUT2D eigenvalue weighted by Crippen LogP contribution is 2.30. The maximum atomic E-state index is 14.2. The Kier molecular flexibility index (Phi) is 5.01. The zero-order chi connectivity index (χ0) is 14.7. The topological polar surface area (TPSA) is 29.5 Å². The molecule has 5 heteroatoms. The van der Waals surface area contributed by atoms with Crippen LogP contribution in [-0.2, 0) is 4.79 Å². The number of hydrogen-bond acceptors (Lipinski definition) is 2. The van der Waals surface area contributed by atoms with Crippen molar-refractivity contribution in [2.75, 3.05) is 13.7 Å². The lowest BCUT2D eigenvalue weighted by Gasteiger charge is -2.28. The third-order valence-electron chi connectivity index (χ3n) is 3.17. The minimum Gasteiger partial charge on any atom is -0.494 e. The van der Waals surface area contributed by atoms with Crippen LogP contribution in [0.5, 0.6) is 5.75 Å². The van der Waals surface area contributed by atoms with Gasteiger partial charge >= 0.3 is 0 Å². The Morgan fingerprint density at radius 2 is 2.25 bits per heavy atom. The Hall–Kier alpha value is -1.11. The van der Waals surface area contributed by atoms with Gasteiger partial charge in [0.05, 0.1) is 10.5 Å². The number of benzene rings is 1. The molecule has 0 saturated heterocycles. The van der Waals surface area contributed by atoms with Gasteiger partial charge in [0, 0.05) is 24.4 Å². The largest absolute Gasteiger partial charge is 0.494 e. The standard InChI is InChI=1S/C15H17FINO2/c1-3-8-20-10-4-5-11(12(16)9-10)14-7-6-13(17)15(19)18(14)2/h4-5,7,9,13H,3,6,8H2,1-2H3. The van der Waals surface area contributed by atoms with E-state index in [0.717, 1.165) is 6.42 Å². The molecule has 1 heterocycles. The average Bonchev–Trinajstić information content (AvgIpc) is 2.44. The number of nitrogens with zero attached hydrogens (tertiary/aromatic N) is 1. The van der Waals surface area contributed by atoms with Gasteiger partial charge < -0.3 is 9.64 Å². The van der Waals surface area contributed by atoms with Crippen molar-refractivity contribution < 1.29 is 13.9 Å². The van der Waals surface area contributed by atoms with Crippen molar-refractivity contribution in [3.63, 3.8) is 0 Å². The summed E-state index contributed by atoms with van der Waals surface area (Å²) < 4.78 is 19.5. The minimum atomic E-state index is -0.364. The van der Waals surface area contributed by atoms with E-state index in [9.17, 15) is 9.18 Å². The summed E-state index contributed by atoms with van der Waals surface area (Å²) in [4.78, 5) is 13.5. The van der Waals surface area contributed by atoms with E-state index >= 15 is 0 Å². The number of carbonyl (C=O) groups is 1. The molecule has 0 bridgehead atoms. The molecular formula is C15H17FINO2. The summed E-state index contributed by atoms with van der Waals surface area (Å²) in [5.74, 6) is 0.162. The molecule has 1 aromatic carbocycles. The Labute approximate surface area is 131 Å². The quantitative estimate of drug-likeness (QED) is 0.582. The predicted molar refractivity (Wildman–Crippen MR) is 85.4 cm³/mol. The lowest BCUT2D eigenvalue weighted by Crippen LogP contribution is -2.35. The summed E-state index contributed by atoms with van der Waals surface area (Å²) in [6.07, 6.45) is 3.42. The average molecular weight is 389 g/mol. The molecule has 0 radical (unpaired) electrons. The van der Waals surface area contributed by atoms with Crippen molar-refractivity contribution in [3.8, 4) is 5.75 Å². The van der Waals surface area contributed by atoms with Crippen LogP contribution in [0.4, 0.5) is 4.39 Å².